The van der Waals surface area contributed by atoms with Gasteiger partial charge in [-0.1, -0.05) is 65.7 Å². The molecule has 1 aliphatic rings. The molecule has 1 aliphatic heterocycles. The quantitative estimate of drug-likeness (QED) is 0.177. The number of fused-ring (bicyclic) bond motifs is 1. The number of esters is 1. The van der Waals surface area contributed by atoms with Crippen LogP contribution in [0.2, 0.25) is 10.0 Å². The molecule has 0 aliphatic carbocycles. The van der Waals surface area contributed by atoms with Gasteiger partial charge >= 0.3 is 5.97 Å². The van der Waals surface area contributed by atoms with Gasteiger partial charge in [-0.25, -0.2) is 8.42 Å². The zero-order chi connectivity index (χ0) is 30.6. The number of nitrogens with one attached hydrogen (secondary N) is 1. The Morgan fingerprint density at radius 3 is 2.40 bits per heavy atom. The average molecular weight is 640 g/mol. The number of rotatable bonds is 10. The molecule has 43 heavy (non-hydrogen) atoms. The maximum absolute atomic E-state index is 14.0. The summed E-state index contributed by atoms with van der Waals surface area (Å²) in [5, 5.41) is 3.81. The Hall–Kier alpha value is -4.05. The molecule has 1 atom stereocenters. The lowest BCUT2D eigenvalue weighted by atomic mass is 10.1. The van der Waals surface area contributed by atoms with Crippen LogP contribution < -0.4 is 14.4 Å². The fraction of sp³-hybridized carbons (Fsp3) is 0.188. The highest BCUT2D eigenvalue weighted by Crippen LogP contribution is 2.38. The Morgan fingerprint density at radius 1 is 0.953 bits per heavy atom. The summed E-state index contributed by atoms with van der Waals surface area (Å²) >= 11 is 12.5. The molecule has 0 spiro atoms. The summed E-state index contributed by atoms with van der Waals surface area (Å²) < 4.78 is 39.5. The zero-order valence-electron chi connectivity index (χ0n) is 23.1. The molecule has 11 heteroatoms. The topological polar surface area (TPSA) is 102 Å². The number of anilines is 1. The molecular weight excluding hydrogens is 611 g/mol. The predicted molar refractivity (Wildman–Crippen MR) is 166 cm³/mol. The highest BCUT2D eigenvalue weighted by atomic mass is 35.5. The molecular formula is C32H28Cl2N2O6S. The maximum Gasteiger partial charge on any atom is 0.309 e. The molecule has 1 heterocycles. The van der Waals surface area contributed by atoms with E-state index in [1.807, 2.05) is 12.1 Å². The Kier molecular flexibility index (Phi) is 9.25. The number of para-hydroxylation sites is 1. The minimum atomic E-state index is -4.10. The van der Waals surface area contributed by atoms with E-state index in [2.05, 4.69) is 10.1 Å². The molecule has 4 aromatic carbocycles. The molecule has 222 valence electrons. The number of benzene rings is 4. The lowest BCUT2D eigenvalue weighted by Crippen LogP contribution is -2.48. The van der Waals surface area contributed by atoms with Gasteiger partial charge in [0.05, 0.1) is 30.7 Å². The van der Waals surface area contributed by atoms with Crippen molar-refractivity contribution in [3.8, 4) is 16.9 Å². The van der Waals surface area contributed by atoms with Crippen LogP contribution in [-0.4, -0.2) is 46.6 Å². The van der Waals surface area contributed by atoms with Gasteiger partial charge in [0.25, 0.3) is 10.0 Å². The van der Waals surface area contributed by atoms with E-state index in [-0.39, 0.29) is 36.9 Å². The third-order valence-corrected chi connectivity index (χ3v) is 9.45. The number of hydrogen-bond acceptors (Lipinski definition) is 6. The fourth-order valence-corrected chi connectivity index (χ4v) is 6.94. The van der Waals surface area contributed by atoms with Crippen molar-refractivity contribution in [3.05, 3.63) is 112 Å². The smallest absolute Gasteiger partial charge is 0.309 e. The Balaban J connectivity index is 1.28. The van der Waals surface area contributed by atoms with E-state index in [0.717, 1.165) is 11.1 Å². The molecule has 0 fully saturated rings. The SMILES string of the molecule is COC(=O)Cc1ccc(OCCNC(=O)[C@@H]2Cc3ccccc3N2S(=O)(=O)c2ccc(-c3cc(Cl)ccc3Cl)cc2)cc1. The molecule has 0 saturated heterocycles. The summed E-state index contributed by atoms with van der Waals surface area (Å²) in [6.07, 6.45) is 0.399. The highest BCUT2D eigenvalue weighted by molar-refractivity contribution is 7.93. The summed E-state index contributed by atoms with van der Waals surface area (Å²) in [5.74, 6) is -0.192. The van der Waals surface area contributed by atoms with Gasteiger partial charge < -0.3 is 14.8 Å². The predicted octanol–water partition coefficient (Wildman–Crippen LogP) is 5.69. The van der Waals surface area contributed by atoms with Gasteiger partial charge in [0.1, 0.15) is 18.4 Å². The number of carbonyl (C=O) groups excluding carboxylic acids is 2. The van der Waals surface area contributed by atoms with Gasteiger partial charge in [-0.3, -0.25) is 13.9 Å². The van der Waals surface area contributed by atoms with Crippen molar-refractivity contribution >= 4 is 50.8 Å². The van der Waals surface area contributed by atoms with Crippen molar-refractivity contribution in [2.75, 3.05) is 24.6 Å². The van der Waals surface area contributed by atoms with Crippen LogP contribution in [-0.2, 0) is 37.2 Å². The van der Waals surface area contributed by atoms with Crippen LogP contribution in [0.1, 0.15) is 11.1 Å². The lowest BCUT2D eigenvalue weighted by molar-refractivity contribution is -0.139. The first-order valence-corrected chi connectivity index (χ1v) is 15.6. The number of sulfonamides is 1. The van der Waals surface area contributed by atoms with Crippen LogP contribution in [0.25, 0.3) is 11.1 Å². The minimum absolute atomic E-state index is 0.0443. The minimum Gasteiger partial charge on any atom is -0.492 e. The van der Waals surface area contributed by atoms with E-state index >= 15 is 0 Å². The van der Waals surface area contributed by atoms with Crippen LogP contribution in [0.4, 0.5) is 5.69 Å². The first kappa shape index (κ1) is 30.4. The highest BCUT2D eigenvalue weighted by Gasteiger charge is 2.42. The van der Waals surface area contributed by atoms with Gasteiger partial charge in [-0.2, -0.15) is 0 Å². The molecule has 4 aromatic rings. The van der Waals surface area contributed by atoms with Crippen molar-refractivity contribution in [1.82, 2.24) is 5.32 Å². The maximum atomic E-state index is 14.0. The van der Waals surface area contributed by atoms with Crippen molar-refractivity contribution < 1.29 is 27.5 Å². The summed E-state index contributed by atoms with van der Waals surface area (Å²) in [7, 11) is -2.77. The molecule has 1 N–H and O–H groups in total. The average Bonchev–Trinajstić information content (AvgIpc) is 3.42. The van der Waals surface area contributed by atoms with Crippen LogP contribution in [0, 0.1) is 0 Å². The largest absolute Gasteiger partial charge is 0.492 e. The number of hydrogen-bond donors (Lipinski definition) is 1. The molecule has 0 unspecified atom stereocenters. The normalized spacial score (nSPS) is 14.2. The molecule has 0 aromatic heterocycles. The second kappa shape index (κ2) is 13.1. The second-order valence-electron chi connectivity index (χ2n) is 9.83. The molecule has 8 nitrogen and oxygen atoms in total. The van der Waals surface area contributed by atoms with E-state index < -0.39 is 22.0 Å². The zero-order valence-corrected chi connectivity index (χ0v) is 25.5. The standard InChI is InChI=1S/C32H28Cl2N2O6S/c1-41-31(37)18-21-6-11-25(12-7-21)42-17-16-35-32(38)30-19-23-4-2-3-5-29(23)36(30)43(39,40)26-13-8-22(9-14-26)27-20-24(33)10-15-28(27)34/h2-15,20,30H,16-19H2,1H3,(H,35,38)/t30-/m0/s1. The summed E-state index contributed by atoms with van der Waals surface area (Å²) in [4.78, 5) is 24.8. The molecule has 1 amide bonds. The molecule has 5 rings (SSSR count). The van der Waals surface area contributed by atoms with Crippen LogP contribution >= 0.6 is 23.2 Å². The number of methoxy groups -OCH3 is 1. The van der Waals surface area contributed by atoms with Gasteiger partial charge in [-0.05, 0) is 65.2 Å². The number of amides is 1. The van der Waals surface area contributed by atoms with Gasteiger partial charge in [-0.15, -0.1) is 0 Å². The van der Waals surface area contributed by atoms with Crippen molar-refractivity contribution in [1.29, 1.82) is 0 Å². The van der Waals surface area contributed by atoms with E-state index in [0.29, 0.717) is 32.6 Å². The summed E-state index contributed by atoms with van der Waals surface area (Å²) in [6, 6.07) is 24.5. The number of carbonyl (C=O) groups is 2. The van der Waals surface area contributed by atoms with Crippen molar-refractivity contribution in [3.63, 3.8) is 0 Å². The Bertz CT molecular complexity index is 1740. The molecule has 0 bridgehead atoms. The van der Waals surface area contributed by atoms with E-state index in [1.165, 1.54) is 23.5 Å². The first-order chi connectivity index (χ1) is 20.7. The molecule has 0 saturated carbocycles. The van der Waals surface area contributed by atoms with Crippen LogP contribution in [0.5, 0.6) is 5.75 Å². The fourth-order valence-electron chi connectivity index (χ4n) is 4.90. The second-order valence-corrected chi connectivity index (χ2v) is 12.5. The lowest BCUT2D eigenvalue weighted by Gasteiger charge is -2.26. The van der Waals surface area contributed by atoms with Crippen LogP contribution in [0.15, 0.2) is 95.9 Å². The van der Waals surface area contributed by atoms with Crippen LogP contribution in [0.3, 0.4) is 0 Å². The number of nitrogens with zero attached hydrogens (tertiary/aromatic N) is 1. The van der Waals surface area contributed by atoms with Gasteiger partial charge in [0, 0.05) is 22.0 Å². The molecule has 0 radical (unpaired) electrons. The van der Waals surface area contributed by atoms with Crippen molar-refractivity contribution in [2.24, 2.45) is 0 Å². The third-order valence-electron chi connectivity index (χ3n) is 7.05. The Labute approximate surface area is 260 Å². The Morgan fingerprint density at radius 2 is 1.67 bits per heavy atom. The number of ether oxygens (including phenoxy) is 2. The van der Waals surface area contributed by atoms with Crippen molar-refractivity contribution in [2.45, 2.75) is 23.8 Å². The van der Waals surface area contributed by atoms with Gasteiger partial charge in [0.2, 0.25) is 5.91 Å². The van der Waals surface area contributed by atoms with E-state index in [4.69, 9.17) is 27.9 Å². The third kappa shape index (κ3) is 6.80. The first-order valence-electron chi connectivity index (χ1n) is 13.4. The van der Waals surface area contributed by atoms with E-state index in [9.17, 15) is 18.0 Å². The summed E-state index contributed by atoms with van der Waals surface area (Å²) in [5.41, 5.74) is 3.41. The monoisotopic (exact) mass is 638 g/mol. The van der Waals surface area contributed by atoms with E-state index in [1.54, 1.807) is 66.7 Å². The number of halogens is 2. The summed E-state index contributed by atoms with van der Waals surface area (Å²) in [6.45, 7) is 0.334. The van der Waals surface area contributed by atoms with Gasteiger partial charge in [0.15, 0.2) is 0 Å².